The van der Waals surface area contributed by atoms with Gasteiger partial charge in [-0.2, -0.15) is 4.98 Å². The topological polar surface area (TPSA) is 191 Å². The van der Waals surface area contributed by atoms with Crippen molar-refractivity contribution >= 4 is 56.2 Å². The van der Waals surface area contributed by atoms with Crippen molar-refractivity contribution in [3.8, 4) is 16.6 Å². The number of unbranched alkanes of at least 4 members (excludes halogenated alkanes) is 2. The van der Waals surface area contributed by atoms with E-state index >= 15 is 0 Å². The van der Waals surface area contributed by atoms with Crippen LogP contribution in [-0.2, 0) is 29.1 Å². The number of nitrogens with one attached hydrogen (secondary N) is 3. The highest BCUT2D eigenvalue weighted by molar-refractivity contribution is 7.90. The molecule has 4 heterocycles. The van der Waals surface area contributed by atoms with Gasteiger partial charge in [-0.3, -0.25) is 23.7 Å². The highest BCUT2D eigenvalue weighted by Crippen LogP contribution is 2.57. The number of sulfonamides is 1. The minimum absolute atomic E-state index is 0.000228. The van der Waals surface area contributed by atoms with Crippen molar-refractivity contribution in [3.05, 3.63) is 40.9 Å². The number of carbonyl (C=O) groups excluding carboxylic acids is 4. The third-order valence-corrected chi connectivity index (χ3v) is 16.8. The largest absolute Gasteiger partial charge is 0.459 e. The van der Waals surface area contributed by atoms with Crippen LogP contribution in [0.5, 0.6) is 6.01 Å². The maximum Gasteiger partial charge on any atom is 0.408 e. The number of amides is 4. The second-order valence-corrected chi connectivity index (χ2v) is 22.6. The van der Waals surface area contributed by atoms with E-state index in [0.29, 0.717) is 55.9 Å². The molecular formula is C48H67N7O8S2. The zero-order valence-corrected chi connectivity index (χ0v) is 40.6. The molecule has 7 unspecified atom stereocenters. The maximum atomic E-state index is 14.9. The number of hydrogen-bond donors (Lipinski definition) is 3. The van der Waals surface area contributed by atoms with Crippen molar-refractivity contribution in [1.82, 2.24) is 34.8 Å². The highest BCUT2D eigenvalue weighted by atomic mass is 32.2. The summed E-state index contributed by atoms with van der Waals surface area (Å²) in [6.45, 7) is 14.4. The van der Waals surface area contributed by atoms with E-state index in [-0.39, 0.29) is 43.2 Å². The number of thiazole rings is 1. The molecule has 1 aromatic carbocycles. The molecule has 17 heteroatoms. The van der Waals surface area contributed by atoms with Gasteiger partial charge in [-0.15, -0.1) is 11.3 Å². The van der Waals surface area contributed by atoms with Gasteiger partial charge in [0.25, 0.3) is 11.9 Å². The molecule has 1 saturated heterocycles. The van der Waals surface area contributed by atoms with Crippen molar-refractivity contribution in [2.24, 2.45) is 23.7 Å². The molecule has 0 radical (unpaired) electrons. The molecule has 4 fully saturated rings. The average molecular weight is 934 g/mol. The number of nitrogens with zero attached hydrogens (tertiary/aromatic N) is 4. The van der Waals surface area contributed by atoms with Gasteiger partial charge in [0, 0.05) is 29.3 Å². The molecule has 0 bridgehead atoms. The Hall–Kier alpha value is -4.51. The van der Waals surface area contributed by atoms with Crippen LogP contribution in [0.15, 0.2) is 35.2 Å². The Bertz CT molecular complexity index is 2420. The summed E-state index contributed by atoms with van der Waals surface area (Å²) in [4.78, 5) is 68.9. The van der Waals surface area contributed by atoms with Gasteiger partial charge < -0.3 is 25.0 Å². The molecule has 15 nitrogen and oxygen atoms in total. The van der Waals surface area contributed by atoms with Crippen LogP contribution < -0.4 is 20.1 Å². The number of rotatable bonds is 13. The summed E-state index contributed by atoms with van der Waals surface area (Å²) in [5, 5.41) is 8.81. The lowest BCUT2D eigenvalue weighted by Crippen LogP contribution is -2.58. The fourth-order valence-corrected chi connectivity index (χ4v) is 12.7. The first-order valence-electron chi connectivity index (χ1n) is 23.9. The molecule has 2 aliphatic heterocycles. The summed E-state index contributed by atoms with van der Waals surface area (Å²) in [5.74, 6) is -0.399. The van der Waals surface area contributed by atoms with Crippen LogP contribution >= 0.6 is 11.3 Å². The van der Waals surface area contributed by atoms with Gasteiger partial charge >= 0.3 is 6.09 Å². The molecule has 5 aliphatic rings. The Labute approximate surface area is 387 Å². The fourth-order valence-electron chi connectivity index (χ4n) is 10.6. The molecule has 7 atom stereocenters. The second kappa shape index (κ2) is 19.0. The van der Waals surface area contributed by atoms with E-state index in [1.54, 1.807) is 11.3 Å². The average Bonchev–Trinajstić information content (AvgIpc) is 3.67. The molecule has 65 heavy (non-hydrogen) atoms. The number of benzene rings is 1. The van der Waals surface area contributed by atoms with E-state index in [2.05, 4.69) is 47.6 Å². The molecule has 3 aromatic rings. The third-order valence-electron chi connectivity index (χ3n) is 14.6. The van der Waals surface area contributed by atoms with Gasteiger partial charge in [0.2, 0.25) is 21.8 Å². The lowest BCUT2D eigenvalue weighted by Gasteiger charge is -2.30. The normalized spacial score (nSPS) is 29.3. The first-order chi connectivity index (χ1) is 31.0. The molecule has 3 aliphatic carbocycles. The van der Waals surface area contributed by atoms with Gasteiger partial charge in [0.05, 0.1) is 23.5 Å². The second-order valence-electron chi connectivity index (χ2n) is 19.9. The third kappa shape index (κ3) is 9.96. The van der Waals surface area contributed by atoms with Gasteiger partial charge in [0.1, 0.15) is 40.4 Å². The van der Waals surface area contributed by atoms with Crippen molar-refractivity contribution in [2.45, 2.75) is 167 Å². The number of ether oxygens (including phenoxy) is 2. The monoisotopic (exact) mass is 933 g/mol. The van der Waals surface area contributed by atoms with Crippen molar-refractivity contribution in [1.29, 1.82) is 0 Å². The van der Waals surface area contributed by atoms with Crippen LogP contribution in [0.25, 0.3) is 21.6 Å². The molecular weight excluding hydrogens is 867 g/mol. The van der Waals surface area contributed by atoms with E-state index in [1.165, 1.54) is 4.90 Å². The SMILES string of the molecule is CCCCCS(=O)(=O)NC(=O)C12CC1C(C)=CCCCCCC(NC(=O)OC1CC3C(C)C3C1)C(=O)N1CC(Oc3nc4c(-c5nc(C(C)C)cs5)cccc4n3C(C)C)CC1C(=O)N2. The van der Waals surface area contributed by atoms with Crippen molar-refractivity contribution in [3.63, 3.8) is 0 Å². The number of allylic oxidation sites excluding steroid dienone is 1. The van der Waals surface area contributed by atoms with Gasteiger partial charge in [-0.1, -0.05) is 71.1 Å². The summed E-state index contributed by atoms with van der Waals surface area (Å²) in [5.41, 5.74) is 2.82. The Balaban J connectivity index is 1.10. The Morgan fingerprint density at radius 3 is 2.51 bits per heavy atom. The van der Waals surface area contributed by atoms with E-state index in [9.17, 15) is 27.6 Å². The van der Waals surface area contributed by atoms with E-state index in [4.69, 9.17) is 19.4 Å². The predicted octanol–water partition coefficient (Wildman–Crippen LogP) is 7.77. The number of imidazole rings is 1. The van der Waals surface area contributed by atoms with Crippen LogP contribution in [-0.4, -0.2) is 93.8 Å². The first-order valence-corrected chi connectivity index (χ1v) is 26.5. The number of fused-ring (bicyclic) bond motifs is 4. The molecule has 4 amide bonds. The number of alkyl carbamates (subject to hydrolysis) is 1. The Morgan fingerprint density at radius 1 is 1.03 bits per heavy atom. The van der Waals surface area contributed by atoms with Crippen LogP contribution in [0.1, 0.15) is 143 Å². The highest BCUT2D eigenvalue weighted by Gasteiger charge is 2.63. The smallest absolute Gasteiger partial charge is 0.408 e. The number of hydrogen-bond acceptors (Lipinski definition) is 11. The van der Waals surface area contributed by atoms with Crippen molar-refractivity contribution in [2.75, 3.05) is 12.3 Å². The summed E-state index contributed by atoms with van der Waals surface area (Å²) < 4.78 is 43.3. The number of aromatic nitrogens is 3. The standard InChI is InChI=1S/C48H67N7O8S2/c1-8-9-14-20-65(60,61)53-45(58)48-24-36(48)29(6)16-12-10-11-13-18-37(50-47(59)63-31-21-34-30(7)35(34)22-31)44(57)54-25-32(23-40(54)42(56)52-48)62-46-51-41-33(43-49-38(26-64-43)27(2)3)17-15-19-39(41)55(46)28(4)5/h15-17,19,26-28,30-32,34-37,40H,8-14,18,20-25H2,1-7H3,(H,50,59)(H,52,56)(H,53,58). The molecule has 2 aromatic heterocycles. The van der Waals surface area contributed by atoms with Crippen LogP contribution in [0.2, 0.25) is 0 Å². The summed E-state index contributed by atoms with van der Waals surface area (Å²) in [6.07, 6.45) is 7.60. The fraction of sp³-hybridized carbons (Fsp3) is 0.667. The number of para-hydroxylation sites is 1. The lowest BCUT2D eigenvalue weighted by molar-refractivity contribution is -0.141. The van der Waals surface area contributed by atoms with Gasteiger partial charge in [0.15, 0.2) is 0 Å². The van der Waals surface area contributed by atoms with E-state index in [1.807, 2.05) is 50.5 Å². The van der Waals surface area contributed by atoms with Gasteiger partial charge in [-0.05, 0) is 102 Å². The molecule has 8 rings (SSSR count). The van der Waals surface area contributed by atoms with E-state index in [0.717, 1.165) is 65.0 Å². The minimum atomic E-state index is -3.98. The minimum Gasteiger partial charge on any atom is -0.459 e. The lowest BCUT2D eigenvalue weighted by atomic mass is 10.0. The van der Waals surface area contributed by atoms with Crippen LogP contribution in [0.3, 0.4) is 0 Å². The van der Waals surface area contributed by atoms with Crippen molar-refractivity contribution < 1.29 is 37.1 Å². The van der Waals surface area contributed by atoms with Gasteiger partial charge in [-0.25, -0.2) is 18.2 Å². The van der Waals surface area contributed by atoms with Crippen LogP contribution in [0.4, 0.5) is 4.79 Å². The maximum absolute atomic E-state index is 14.9. The van der Waals surface area contributed by atoms with E-state index < -0.39 is 63.5 Å². The molecule has 3 N–H and O–H groups in total. The molecule has 0 spiro atoms. The number of carbonyl (C=O) groups is 4. The summed E-state index contributed by atoms with van der Waals surface area (Å²) in [6, 6.07) is 4.13. The Kier molecular flexibility index (Phi) is 13.7. The zero-order chi connectivity index (χ0) is 46.4. The quantitative estimate of drug-likeness (QED) is 0.113. The predicted molar refractivity (Wildman–Crippen MR) is 250 cm³/mol. The summed E-state index contributed by atoms with van der Waals surface area (Å²) in [7, 11) is -3.98. The summed E-state index contributed by atoms with van der Waals surface area (Å²) >= 11 is 1.56. The van der Waals surface area contributed by atoms with Crippen LogP contribution in [0, 0.1) is 23.7 Å². The first kappa shape index (κ1) is 47.0. The molecule has 3 saturated carbocycles. The zero-order valence-electron chi connectivity index (χ0n) is 38.9. The molecule has 354 valence electrons. The Morgan fingerprint density at radius 2 is 1.80 bits per heavy atom.